The normalized spacial score (nSPS) is 19.6. The van der Waals surface area contributed by atoms with E-state index in [4.69, 9.17) is 0 Å². The first-order valence-corrected chi connectivity index (χ1v) is 3.89. The number of hydrogen-bond donors (Lipinski definition) is 1. The third kappa shape index (κ3) is 1.63. The van der Waals surface area contributed by atoms with Gasteiger partial charge in [-0.2, -0.15) is 0 Å². The fourth-order valence-electron chi connectivity index (χ4n) is 1.33. The minimum atomic E-state index is -0.172. The van der Waals surface area contributed by atoms with Gasteiger partial charge in [0, 0.05) is 0 Å². The molecule has 0 aromatic rings. The van der Waals surface area contributed by atoms with E-state index in [9.17, 15) is 5.02 Å². The number of hydrogen-bond acceptors (Lipinski definition) is 1. The molecule has 1 heterocycles. The zero-order chi connectivity index (χ0) is 7.78. The van der Waals surface area contributed by atoms with E-state index in [-0.39, 0.29) is 12.3 Å². The highest BCUT2D eigenvalue weighted by atomic mass is 16.2. The first-order chi connectivity index (χ1) is 4.50. The van der Waals surface area contributed by atoms with Gasteiger partial charge >= 0.3 is 6.92 Å². The summed E-state index contributed by atoms with van der Waals surface area (Å²) in [5.74, 6) is 2.00. The maximum atomic E-state index is 9.19. The third-order valence-corrected chi connectivity index (χ3v) is 2.07. The molecule has 0 saturated carbocycles. The topological polar surface area (TPSA) is 20.2 Å². The Morgan fingerprint density at radius 2 is 2.10 bits per heavy atom. The van der Waals surface area contributed by atoms with Crippen molar-refractivity contribution in [3.8, 4) is 0 Å². The largest absolute Gasteiger partial charge is 0.447 e. The highest BCUT2D eigenvalue weighted by Crippen LogP contribution is 2.33. The molecule has 2 heteroatoms. The van der Waals surface area contributed by atoms with Gasteiger partial charge < -0.3 is 5.02 Å². The van der Waals surface area contributed by atoms with Gasteiger partial charge in [0.2, 0.25) is 0 Å². The second kappa shape index (κ2) is 2.42. The van der Waals surface area contributed by atoms with E-state index >= 15 is 0 Å². The zero-order valence-corrected chi connectivity index (χ0v) is 7.02. The first kappa shape index (κ1) is 7.87. The average Bonchev–Trinajstić information content (AvgIpc) is 2.11. The van der Waals surface area contributed by atoms with Crippen molar-refractivity contribution in [2.24, 2.45) is 5.41 Å². The van der Waals surface area contributed by atoms with Crippen LogP contribution in [-0.2, 0) is 0 Å². The summed E-state index contributed by atoms with van der Waals surface area (Å²) in [5, 5.41) is 9.19. The lowest BCUT2D eigenvalue weighted by molar-refractivity contribution is 0.492. The lowest BCUT2D eigenvalue weighted by Gasteiger charge is -2.19. The maximum Gasteiger partial charge on any atom is 0.316 e. The molecule has 0 aliphatic carbocycles. The van der Waals surface area contributed by atoms with Crippen LogP contribution < -0.4 is 0 Å². The smallest absolute Gasteiger partial charge is 0.316 e. The van der Waals surface area contributed by atoms with Crippen molar-refractivity contribution < 1.29 is 5.02 Å². The molecular formula is C8H15BO. The molecule has 0 bridgehead atoms. The Morgan fingerprint density at radius 3 is 2.30 bits per heavy atom. The molecule has 0 atom stereocenters. The Hall–Kier alpha value is -0.235. The van der Waals surface area contributed by atoms with E-state index in [1.54, 1.807) is 0 Å². The van der Waals surface area contributed by atoms with Gasteiger partial charge in [0.05, 0.1) is 0 Å². The fraction of sp³-hybridized carbons (Fsp3) is 0.750. The quantitative estimate of drug-likeness (QED) is 0.506. The summed E-state index contributed by atoms with van der Waals surface area (Å²) in [6.07, 6.45) is 2.00. The predicted molar refractivity (Wildman–Crippen MR) is 44.9 cm³/mol. The first-order valence-electron chi connectivity index (χ1n) is 3.89. The third-order valence-electron chi connectivity index (χ3n) is 2.07. The van der Waals surface area contributed by atoms with E-state index in [0.717, 1.165) is 12.7 Å². The Bertz CT molecular complexity index is 155. The van der Waals surface area contributed by atoms with Crippen LogP contribution in [0.5, 0.6) is 0 Å². The summed E-state index contributed by atoms with van der Waals surface area (Å²) in [6.45, 7) is 6.40. The molecule has 1 aliphatic heterocycles. The summed E-state index contributed by atoms with van der Waals surface area (Å²) in [6, 6.07) is 0. The molecule has 0 aromatic carbocycles. The van der Waals surface area contributed by atoms with Gasteiger partial charge in [-0.25, -0.2) is 0 Å². The summed E-state index contributed by atoms with van der Waals surface area (Å²) in [7, 11) is 0. The van der Waals surface area contributed by atoms with Crippen LogP contribution in [0.3, 0.4) is 0 Å². The van der Waals surface area contributed by atoms with Gasteiger partial charge in [-0.1, -0.05) is 32.3 Å². The molecule has 0 fully saturated rings. The van der Waals surface area contributed by atoms with Crippen LogP contribution in [0.1, 0.15) is 27.2 Å². The second-order valence-electron chi connectivity index (χ2n) is 4.05. The van der Waals surface area contributed by atoms with Gasteiger partial charge in [0.15, 0.2) is 0 Å². The molecule has 1 aliphatic rings. The minimum Gasteiger partial charge on any atom is -0.447 e. The van der Waals surface area contributed by atoms with Crippen molar-refractivity contribution in [2.75, 3.05) is 0 Å². The summed E-state index contributed by atoms with van der Waals surface area (Å²) in [4.78, 5) is 0. The Balaban J connectivity index is 2.67. The fourth-order valence-corrected chi connectivity index (χ4v) is 1.33. The lowest BCUT2D eigenvalue weighted by atomic mass is 9.69. The van der Waals surface area contributed by atoms with Gasteiger partial charge in [0.1, 0.15) is 0 Å². The Labute approximate surface area is 63.3 Å². The molecule has 56 valence electrons. The van der Waals surface area contributed by atoms with Gasteiger partial charge in [-0.3, -0.25) is 0 Å². The van der Waals surface area contributed by atoms with E-state index in [1.807, 2.05) is 5.98 Å². The summed E-state index contributed by atoms with van der Waals surface area (Å²) in [5.41, 5.74) is 1.66. The van der Waals surface area contributed by atoms with Crippen LogP contribution in [0.25, 0.3) is 0 Å². The van der Waals surface area contributed by atoms with Crippen molar-refractivity contribution in [3.05, 3.63) is 11.5 Å². The van der Waals surface area contributed by atoms with Crippen LogP contribution in [0.2, 0.25) is 6.32 Å². The number of allylic oxidation sites excluding steroid dienone is 1. The van der Waals surface area contributed by atoms with Gasteiger partial charge in [-0.15, -0.1) is 0 Å². The van der Waals surface area contributed by atoms with Gasteiger partial charge in [0.25, 0.3) is 0 Å². The molecule has 0 unspecified atom stereocenters. The summed E-state index contributed by atoms with van der Waals surface area (Å²) < 4.78 is 0. The summed E-state index contributed by atoms with van der Waals surface area (Å²) >= 11 is 0. The van der Waals surface area contributed by atoms with Crippen molar-refractivity contribution in [3.63, 3.8) is 0 Å². The monoisotopic (exact) mass is 138 g/mol. The Morgan fingerprint density at radius 1 is 1.50 bits per heavy atom. The van der Waals surface area contributed by atoms with Crippen LogP contribution in [-0.4, -0.2) is 11.9 Å². The van der Waals surface area contributed by atoms with Crippen LogP contribution in [0.15, 0.2) is 11.5 Å². The second-order valence-corrected chi connectivity index (χ2v) is 4.05. The average molecular weight is 138 g/mol. The Kier molecular flexibility index (Phi) is 1.91. The molecule has 1 rings (SSSR count). The minimum absolute atomic E-state index is 0.172. The van der Waals surface area contributed by atoms with E-state index in [1.165, 1.54) is 5.57 Å². The molecule has 0 amide bonds. The van der Waals surface area contributed by atoms with Crippen molar-refractivity contribution in [1.82, 2.24) is 0 Å². The zero-order valence-electron chi connectivity index (χ0n) is 7.02. The highest BCUT2D eigenvalue weighted by molar-refractivity contribution is 6.57. The molecule has 0 spiro atoms. The molecular weight excluding hydrogens is 123 g/mol. The van der Waals surface area contributed by atoms with Crippen molar-refractivity contribution in [1.29, 1.82) is 0 Å². The maximum absolute atomic E-state index is 9.19. The molecule has 1 nitrogen and oxygen atoms in total. The molecule has 1 N–H and O–H groups in total. The molecule has 0 aromatic heterocycles. The van der Waals surface area contributed by atoms with E-state index in [2.05, 4.69) is 20.8 Å². The van der Waals surface area contributed by atoms with E-state index in [0.29, 0.717) is 0 Å². The molecule has 10 heavy (non-hydrogen) atoms. The van der Waals surface area contributed by atoms with Crippen LogP contribution in [0, 0.1) is 5.41 Å². The predicted octanol–water partition coefficient (Wildman–Crippen LogP) is 1.89. The van der Waals surface area contributed by atoms with Crippen molar-refractivity contribution in [2.45, 2.75) is 33.5 Å². The standard InChI is InChI=1S/C8H15BO/c1-8(2,3)7-4-5-9(10)6-7/h6,10H,4-5H2,1-3H3. The van der Waals surface area contributed by atoms with Crippen LogP contribution in [0.4, 0.5) is 0 Å². The van der Waals surface area contributed by atoms with E-state index < -0.39 is 0 Å². The van der Waals surface area contributed by atoms with Gasteiger partial charge in [-0.05, 0) is 18.2 Å². The highest BCUT2D eigenvalue weighted by Gasteiger charge is 2.25. The molecule has 0 radical (unpaired) electrons. The van der Waals surface area contributed by atoms with Crippen molar-refractivity contribution >= 4 is 6.92 Å². The lowest BCUT2D eigenvalue weighted by Crippen LogP contribution is -2.07. The molecule has 0 saturated heterocycles. The van der Waals surface area contributed by atoms with Crippen LogP contribution >= 0.6 is 0 Å². The SMILES string of the molecule is CC(C)(C)C1=CB(O)CC1. The number of rotatable bonds is 0.